The molecule has 0 radical (unpaired) electrons. The van der Waals surface area contributed by atoms with Crippen molar-refractivity contribution >= 4 is 35.2 Å². The van der Waals surface area contributed by atoms with Crippen LogP contribution in [0.3, 0.4) is 0 Å². The summed E-state index contributed by atoms with van der Waals surface area (Å²) in [6.07, 6.45) is 0.180. The number of para-hydroxylation sites is 1. The van der Waals surface area contributed by atoms with Crippen LogP contribution in [0.25, 0.3) is 0 Å². The molecule has 0 saturated carbocycles. The molecular weight excluding hydrogens is 314 g/mol. The maximum atomic E-state index is 11.8. The Bertz CT molecular complexity index is 496. The van der Waals surface area contributed by atoms with E-state index in [0.717, 1.165) is 5.56 Å². The monoisotopic (exact) mass is 331 g/mol. The summed E-state index contributed by atoms with van der Waals surface area (Å²) in [7, 11) is 0. The van der Waals surface area contributed by atoms with Crippen LogP contribution in [-0.4, -0.2) is 41.6 Å². The van der Waals surface area contributed by atoms with E-state index in [0.29, 0.717) is 29.7 Å². The minimum atomic E-state index is -0.855. The van der Waals surface area contributed by atoms with Crippen LogP contribution >= 0.6 is 23.4 Å². The Kier molecular flexibility index (Phi) is 8.00. The Hall–Kier alpha value is -1.40. The number of carboxylic acids is 1. The van der Waals surface area contributed by atoms with Gasteiger partial charge in [0.2, 0.25) is 5.91 Å². The molecule has 0 aromatic heterocycles. The number of rotatable bonds is 9. The fourth-order valence-corrected chi connectivity index (χ4v) is 2.47. The van der Waals surface area contributed by atoms with Crippen LogP contribution in [0.5, 0.6) is 5.75 Å². The van der Waals surface area contributed by atoms with Gasteiger partial charge in [0.1, 0.15) is 5.75 Å². The predicted molar refractivity (Wildman–Crippen MR) is 84.3 cm³/mol. The second-order valence-electron chi connectivity index (χ2n) is 4.13. The second kappa shape index (κ2) is 9.52. The van der Waals surface area contributed by atoms with Crippen molar-refractivity contribution in [3.05, 3.63) is 28.8 Å². The summed E-state index contributed by atoms with van der Waals surface area (Å²) in [6, 6.07) is 5.29. The van der Waals surface area contributed by atoms with Crippen molar-refractivity contribution in [2.24, 2.45) is 0 Å². The molecule has 1 rings (SSSR count). The molecule has 0 aliphatic rings. The molecule has 7 heteroatoms. The first-order valence-electron chi connectivity index (χ1n) is 6.51. The number of hydrogen-bond acceptors (Lipinski definition) is 4. The number of thioether (sulfide) groups is 1. The largest absolute Gasteiger partial charge is 0.492 e. The molecule has 1 aromatic rings. The van der Waals surface area contributed by atoms with E-state index >= 15 is 0 Å². The summed E-state index contributed by atoms with van der Waals surface area (Å²) in [5.41, 5.74) is 0.736. The highest BCUT2D eigenvalue weighted by molar-refractivity contribution is 7.99. The van der Waals surface area contributed by atoms with Gasteiger partial charge < -0.3 is 15.2 Å². The Balaban J connectivity index is 2.44. The molecule has 0 unspecified atom stereocenters. The van der Waals surface area contributed by atoms with Gasteiger partial charge in [-0.25, -0.2) is 0 Å². The highest BCUT2D eigenvalue weighted by atomic mass is 35.5. The third-order valence-corrected chi connectivity index (χ3v) is 3.72. The molecule has 1 aromatic carbocycles. The van der Waals surface area contributed by atoms with Crippen LogP contribution in [0.1, 0.15) is 12.5 Å². The van der Waals surface area contributed by atoms with Gasteiger partial charge in [0, 0.05) is 17.9 Å². The second-order valence-corrected chi connectivity index (χ2v) is 5.65. The Morgan fingerprint density at radius 2 is 2.19 bits per heavy atom. The number of hydrogen-bond donors (Lipinski definition) is 2. The fourth-order valence-electron chi connectivity index (χ4n) is 1.66. The van der Waals surface area contributed by atoms with Crippen LogP contribution in [0.2, 0.25) is 5.02 Å². The minimum Gasteiger partial charge on any atom is -0.492 e. The molecule has 0 aliphatic carbocycles. The summed E-state index contributed by atoms with van der Waals surface area (Å²) >= 11 is 7.31. The Morgan fingerprint density at radius 1 is 1.43 bits per heavy atom. The van der Waals surface area contributed by atoms with Crippen molar-refractivity contribution in [3.8, 4) is 5.75 Å². The van der Waals surface area contributed by atoms with Gasteiger partial charge in [-0.2, -0.15) is 0 Å². The van der Waals surface area contributed by atoms with Crippen LogP contribution in [-0.2, 0) is 16.0 Å². The maximum Gasteiger partial charge on any atom is 0.313 e. The molecule has 0 bridgehead atoms. The number of aliphatic carboxylic acids is 1. The van der Waals surface area contributed by atoms with Crippen LogP contribution in [0.4, 0.5) is 0 Å². The summed E-state index contributed by atoms with van der Waals surface area (Å²) < 4.78 is 5.46. The third-order valence-electron chi connectivity index (χ3n) is 2.48. The number of ether oxygens (including phenoxy) is 1. The predicted octanol–water partition coefficient (Wildman–Crippen LogP) is 2.22. The zero-order valence-corrected chi connectivity index (χ0v) is 13.3. The lowest BCUT2D eigenvalue weighted by molar-refractivity contribution is -0.133. The molecule has 2 N–H and O–H groups in total. The van der Waals surface area contributed by atoms with Crippen molar-refractivity contribution < 1.29 is 19.4 Å². The van der Waals surface area contributed by atoms with Gasteiger partial charge in [-0.05, 0) is 13.0 Å². The average Bonchev–Trinajstić information content (AvgIpc) is 2.42. The van der Waals surface area contributed by atoms with Gasteiger partial charge in [0.25, 0.3) is 0 Å². The topological polar surface area (TPSA) is 75.6 Å². The summed E-state index contributed by atoms with van der Waals surface area (Å²) in [6.45, 7) is 2.76. The standard InChI is InChI=1S/C14H18ClNO4S/c1-2-20-14-10(4-3-5-11(14)15)8-12(17)16-6-7-21-9-13(18)19/h3-5H,2,6-9H2,1H3,(H,16,17)(H,18,19). The molecule has 0 aliphatic heterocycles. The SMILES string of the molecule is CCOc1c(Cl)cccc1CC(=O)NCCSCC(=O)O. The van der Waals surface area contributed by atoms with Gasteiger partial charge in [-0.15, -0.1) is 11.8 Å². The molecule has 116 valence electrons. The van der Waals surface area contributed by atoms with Crippen LogP contribution in [0, 0.1) is 0 Å². The molecule has 1 amide bonds. The first kappa shape index (κ1) is 17.7. The quantitative estimate of drug-likeness (QED) is 0.679. The van der Waals surface area contributed by atoms with E-state index < -0.39 is 5.97 Å². The van der Waals surface area contributed by atoms with Crippen LogP contribution < -0.4 is 10.1 Å². The molecule has 0 saturated heterocycles. The lowest BCUT2D eigenvalue weighted by atomic mass is 10.1. The van der Waals surface area contributed by atoms with Gasteiger partial charge >= 0.3 is 5.97 Å². The molecule has 0 atom stereocenters. The smallest absolute Gasteiger partial charge is 0.313 e. The molecular formula is C14H18ClNO4S. The average molecular weight is 332 g/mol. The zero-order valence-electron chi connectivity index (χ0n) is 11.7. The number of amides is 1. The van der Waals surface area contributed by atoms with E-state index in [4.69, 9.17) is 21.4 Å². The number of carboxylic acid groups (broad SMARTS) is 1. The summed E-state index contributed by atoms with van der Waals surface area (Å²) in [5, 5.41) is 11.7. The van der Waals surface area contributed by atoms with Gasteiger partial charge in [-0.3, -0.25) is 9.59 Å². The highest BCUT2D eigenvalue weighted by Gasteiger charge is 2.11. The Labute approximate surface area is 133 Å². The van der Waals surface area contributed by atoms with E-state index in [1.807, 2.05) is 6.92 Å². The minimum absolute atomic E-state index is 0.0403. The fraction of sp³-hybridized carbons (Fsp3) is 0.429. The Morgan fingerprint density at radius 3 is 2.86 bits per heavy atom. The van der Waals surface area contributed by atoms with E-state index in [1.165, 1.54) is 11.8 Å². The van der Waals surface area contributed by atoms with Gasteiger partial charge in [0.15, 0.2) is 0 Å². The number of benzene rings is 1. The lowest BCUT2D eigenvalue weighted by Crippen LogP contribution is -2.27. The van der Waals surface area contributed by atoms with Crippen molar-refractivity contribution in [1.29, 1.82) is 0 Å². The van der Waals surface area contributed by atoms with Gasteiger partial charge in [0.05, 0.1) is 23.8 Å². The normalized spacial score (nSPS) is 10.2. The summed E-state index contributed by atoms with van der Waals surface area (Å²) in [5.74, 6) is 0.141. The van der Waals surface area contributed by atoms with E-state index in [2.05, 4.69) is 5.32 Å². The third kappa shape index (κ3) is 6.73. The number of halogens is 1. The highest BCUT2D eigenvalue weighted by Crippen LogP contribution is 2.28. The molecule has 0 spiro atoms. The van der Waals surface area contributed by atoms with Gasteiger partial charge in [-0.1, -0.05) is 23.7 Å². The summed E-state index contributed by atoms with van der Waals surface area (Å²) in [4.78, 5) is 22.2. The van der Waals surface area contributed by atoms with Crippen molar-refractivity contribution in [2.45, 2.75) is 13.3 Å². The van der Waals surface area contributed by atoms with E-state index in [-0.39, 0.29) is 18.1 Å². The van der Waals surface area contributed by atoms with Crippen molar-refractivity contribution in [3.63, 3.8) is 0 Å². The molecule has 5 nitrogen and oxygen atoms in total. The van der Waals surface area contributed by atoms with E-state index in [9.17, 15) is 9.59 Å². The van der Waals surface area contributed by atoms with E-state index in [1.54, 1.807) is 18.2 Å². The zero-order chi connectivity index (χ0) is 15.7. The lowest BCUT2D eigenvalue weighted by Gasteiger charge is -2.12. The van der Waals surface area contributed by atoms with Crippen molar-refractivity contribution in [1.82, 2.24) is 5.32 Å². The number of carbonyl (C=O) groups excluding carboxylic acids is 1. The molecule has 21 heavy (non-hydrogen) atoms. The first-order chi connectivity index (χ1) is 10.0. The molecule has 0 fully saturated rings. The van der Waals surface area contributed by atoms with Crippen molar-refractivity contribution in [2.75, 3.05) is 24.7 Å². The maximum absolute atomic E-state index is 11.8. The number of nitrogens with one attached hydrogen (secondary N) is 1. The molecule has 0 heterocycles. The number of carbonyl (C=O) groups is 2. The van der Waals surface area contributed by atoms with Crippen LogP contribution in [0.15, 0.2) is 18.2 Å². The first-order valence-corrected chi connectivity index (χ1v) is 8.04.